The Kier molecular flexibility index (Phi) is 1.86. The summed E-state index contributed by atoms with van der Waals surface area (Å²) in [6.07, 6.45) is 3.63. The molecule has 76 valence electrons. The molecule has 0 saturated carbocycles. The molecule has 15 heavy (non-hydrogen) atoms. The molecule has 0 atom stereocenters. The summed E-state index contributed by atoms with van der Waals surface area (Å²) in [7, 11) is 0. The maximum absolute atomic E-state index is 13.4. The van der Waals surface area contributed by atoms with Crippen molar-refractivity contribution < 1.29 is 8.81 Å². The predicted molar refractivity (Wildman–Crippen MR) is 57.0 cm³/mol. The van der Waals surface area contributed by atoms with Gasteiger partial charge in [0, 0.05) is 18.7 Å². The van der Waals surface area contributed by atoms with Gasteiger partial charge in [-0.3, -0.25) is 0 Å². The Balaban J connectivity index is 2.26. The summed E-state index contributed by atoms with van der Waals surface area (Å²) >= 11 is 0. The fraction of sp³-hybridized carbons (Fsp3) is 0.167. The second-order valence-corrected chi connectivity index (χ2v) is 3.62. The van der Waals surface area contributed by atoms with Crippen LogP contribution in [0.15, 0.2) is 35.0 Å². The van der Waals surface area contributed by atoms with Crippen LogP contribution in [0.2, 0.25) is 0 Å². The van der Waals surface area contributed by atoms with Crippen molar-refractivity contribution in [1.29, 1.82) is 0 Å². The van der Waals surface area contributed by atoms with E-state index in [1.807, 2.05) is 0 Å². The van der Waals surface area contributed by atoms with E-state index in [1.54, 1.807) is 12.1 Å². The molecule has 0 fully saturated rings. The van der Waals surface area contributed by atoms with Crippen LogP contribution in [0.4, 0.5) is 4.39 Å². The van der Waals surface area contributed by atoms with Crippen molar-refractivity contribution in [1.82, 2.24) is 5.32 Å². The standard InChI is InChI=1S/C12H10FNO/c13-11-2-1-9(8-3-5-14-7-8)12-10(11)4-6-15-12/h1-4,6,14H,5,7H2. The number of nitrogens with one attached hydrogen (secondary N) is 1. The molecule has 1 aliphatic heterocycles. The number of fused-ring (bicyclic) bond motifs is 1. The van der Waals surface area contributed by atoms with Crippen molar-refractivity contribution in [3.8, 4) is 0 Å². The zero-order valence-electron chi connectivity index (χ0n) is 8.09. The number of hydrogen-bond donors (Lipinski definition) is 1. The quantitative estimate of drug-likeness (QED) is 0.770. The predicted octanol–water partition coefficient (Wildman–Crippen LogP) is 2.56. The molecule has 2 nitrogen and oxygen atoms in total. The average Bonchev–Trinajstić information content (AvgIpc) is 2.88. The van der Waals surface area contributed by atoms with Gasteiger partial charge in [0.05, 0.1) is 11.6 Å². The van der Waals surface area contributed by atoms with Crippen molar-refractivity contribution >= 4 is 16.5 Å². The minimum Gasteiger partial charge on any atom is -0.464 e. The largest absolute Gasteiger partial charge is 0.464 e. The summed E-state index contributed by atoms with van der Waals surface area (Å²) in [5.41, 5.74) is 2.81. The van der Waals surface area contributed by atoms with Gasteiger partial charge in [0.15, 0.2) is 0 Å². The lowest BCUT2D eigenvalue weighted by Gasteiger charge is -2.03. The van der Waals surface area contributed by atoms with Gasteiger partial charge in [-0.05, 0) is 23.8 Å². The third-order valence-corrected chi connectivity index (χ3v) is 2.72. The molecule has 0 saturated heterocycles. The van der Waals surface area contributed by atoms with E-state index in [-0.39, 0.29) is 5.82 Å². The Bertz CT molecular complexity index is 542. The first-order chi connectivity index (χ1) is 7.36. The van der Waals surface area contributed by atoms with Crippen LogP contribution in [-0.4, -0.2) is 13.1 Å². The van der Waals surface area contributed by atoms with Gasteiger partial charge in [-0.1, -0.05) is 6.08 Å². The van der Waals surface area contributed by atoms with Crippen LogP contribution < -0.4 is 5.32 Å². The van der Waals surface area contributed by atoms with Crippen LogP contribution >= 0.6 is 0 Å². The van der Waals surface area contributed by atoms with E-state index in [1.165, 1.54) is 17.9 Å². The van der Waals surface area contributed by atoms with Crippen molar-refractivity contribution in [2.75, 3.05) is 13.1 Å². The van der Waals surface area contributed by atoms with Crippen LogP contribution in [-0.2, 0) is 0 Å². The van der Waals surface area contributed by atoms with E-state index < -0.39 is 0 Å². The number of hydrogen-bond acceptors (Lipinski definition) is 2. The average molecular weight is 203 g/mol. The van der Waals surface area contributed by atoms with Gasteiger partial charge in [-0.2, -0.15) is 0 Å². The molecule has 3 rings (SSSR count). The van der Waals surface area contributed by atoms with Crippen molar-refractivity contribution in [2.45, 2.75) is 0 Å². The van der Waals surface area contributed by atoms with Gasteiger partial charge in [0.2, 0.25) is 0 Å². The SMILES string of the molecule is Fc1ccc(C2=CCNC2)c2occc12. The normalized spacial score (nSPS) is 15.9. The van der Waals surface area contributed by atoms with Gasteiger partial charge in [-0.25, -0.2) is 4.39 Å². The molecule has 0 spiro atoms. The van der Waals surface area contributed by atoms with Crippen LogP contribution in [0.5, 0.6) is 0 Å². The minimum absolute atomic E-state index is 0.228. The first-order valence-electron chi connectivity index (χ1n) is 4.92. The van der Waals surface area contributed by atoms with E-state index in [4.69, 9.17) is 4.42 Å². The Hall–Kier alpha value is -1.61. The van der Waals surface area contributed by atoms with E-state index in [2.05, 4.69) is 11.4 Å². The van der Waals surface area contributed by atoms with Gasteiger partial charge >= 0.3 is 0 Å². The Morgan fingerprint density at radius 2 is 2.20 bits per heavy atom. The summed E-state index contributed by atoms with van der Waals surface area (Å²) in [6.45, 7) is 1.69. The van der Waals surface area contributed by atoms with E-state index >= 15 is 0 Å². The number of furan rings is 1. The second-order valence-electron chi connectivity index (χ2n) is 3.62. The van der Waals surface area contributed by atoms with Crippen LogP contribution in [0.25, 0.3) is 16.5 Å². The van der Waals surface area contributed by atoms with Crippen molar-refractivity contribution in [3.63, 3.8) is 0 Å². The molecule has 1 aromatic heterocycles. The van der Waals surface area contributed by atoms with E-state index in [9.17, 15) is 4.39 Å². The highest BCUT2D eigenvalue weighted by Crippen LogP contribution is 2.28. The first kappa shape index (κ1) is 8.68. The maximum Gasteiger partial charge on any atom is 0.144 e. The maximum atomic E-state index is 13.4. The molecule has 0 unspecified atom stereocenters. The Morgan fingerprint density at radius 1 is 1.27 bits per heavy atom. The Morgan fingerprint density at radius 3 is 3.00 bits per heavy atom. The summed E-state index contributed by atoms with van der Waals surface area (Å²) in [5.74, 6) is -0.228. The van der Waals surface area contributed by atoms with Crippen molar-refractivity contribution in [3.05, 3.63) is 41.9 Å². The zero-order chi connectivity index (χ0) is 10.3. The summed E-state index contributed by atoms with van der Waals surface area (Å²) < 4.78 is 18.7. The molecule has 1 aliphatic rings. The fourth-order valence-corrected chi connectivity index (χ4v) is 1.96. The topological polar surface area (TPSA) is 25.2 Å². The van der Waals surface area contributed by atoms with E-state index in [0.717, 1.165) is 18.7 Å². The molecule has 3 heteroatoms. The lowest BCUT2D eigenvalue weighted by molar-refractivity contribution is 0.609. The zero-order valence-corrected chi connectivity index (χ0v) is 8.09. The van der Waals surface area contributed by atoms with Crippen LogP contribution in [0, 0.1) is 5.82 Å². The van der Waals surface area contributed by atoms with Crippen LogP contribution in [0.3, 0.4) is 0 Å². The molecule has 1 aromatic carbocycles. The number of rotatable bonds is 1. The number of benzene rings is 1. The fourth-order valence-electron chi connectivity index (χ4n) is 1.96. The van der Waals surface area contributed by atoms with Crippen molar-refractivity contribution in [2.24, 2.45) is 0 Å². The lowest BCUT2D eigenvalue weighted by atomic mass is 10.0. The molecule has 1 N–H and O–H groups in total. The summed E-state index contributed by atoms with van der Waals surface area (Å²) in [4.78, 5) is 0. The molecule has 2 aromatic rings. The first-order valence-corrected chi connectivity index (χ1v) is 4.92. The summed E-state index contributed by atoms with van der Waals surface area (Å²) in [6, 6.07) is 4.93. The molecule has 2 heterocycles. The minimum atomic E-state index is -0.228. The molecule has 0 amide bonds. The third-order valence-electron chi connectivity index (χ3n) is 2.72. The highest BCUT2D eigenvalue weighted by molar-refractivity contribution is 5.91. The monoisotopic (exact) mass is 203 g/mol. The highest BCUT2D eigenvalue weighted by atomic mass is 19.1. The highest BCUT2D eigenvalue weighted by Gasteiger charge is 2.14. The van der Waals surface area contributed by atoms with Gasteiger partial charge < -0.3 is 9.73 Å². The summed E-state index contributed by atoms with van der Waals surface area (Å²) in [5, 5.41) is 3.77. The molecule has 0 bridgehead atoms. The van der Waals surface area contributed by atoms with Crippen LogP contribution in [0.1, 0.15) is 5.56 Å². The van der Waals surface area contributed by atoms with Gasteiger partial charge in [0.1, 0.15) is 11.4 Å². The number of halogens is 1. The lowest BCUT2D eigenvalue weighted by Crippen LogP contribution is -2.07. The van der Waals surface area contributed by atoms with E-state index in [0.29, 0.717) is 11.0 Å². The van der Waals surface area contributed by atoms with Gasteiger partial charge in [0.25, 0.3) is 0 Å². The second kappa shape index (κ2) is 3.21. The molecule has 0 aliphatic carbocycles. The molecular formula is C12H10FNO. The third kappa shape index (κ3) is 1.27. The molecule has 0 radical (unpaired) electrons. The van der Waals surface area contributed by atoms with Gasteiger partial charge in [-0.15, -0.1) is 0 Å². The Labute approximate surface area is 86.4 Å². The molecular weight excluding hydrogens is 193 g/mol. The smallest absolute Gasteiger partial charge is 0.144 e.